The number of nitro groups is 1. The van der Waals surface area contributed by atoms with E-state index in [0.717, 1.165) is 11.1 Å². The van der Waals surface area contributed by atoms with E-state index >= 15 is 0 Å². The number of rotatable bonds is 5. The van der Waals surface area contributed by atoms with Crippen molar-refractivity contribution in [3.63, 3.8) is 0 Å². The molecule has 1 saturated heterocycles. The van der Waals surface area contributed by atoms with Crippen LogP contribution in [-0.2, 0) is 16.1 Å². The summed E-state index contributed by atoms with van der Waals surface area (Å²) in [6.45, 7) is 7.33. The van der Waals surface area contributed by atoms with Crippen LogP contribution in [0.5, 0.6) is 0 Å². The molecule has 0 bridgehead atoms. The van der Waals surface area contributed by atoms with Gasteiger partial charge in [0.2, 0.25) is 5.91 Å². The molecule has 1 fully saturated rings. The van der Waals surface area contributed by atoms with Crippen molar-refractivity contribution in [1.82, 2.24) is 4.90 Å². The molecule has 2 atom stereocenters. The molecule has 2 N–H and O–H groups in total. The van der Waals surface area contributed by atoms with E-state index in [9.17, 15) is 14.9 Å². The third-order valence-corrected chi connectivity index (χ3v) is 3.97. The first-order valence-corrected chi connectivity index (χ1v) is 7.72. The fourth-order valence-electron chi connectivity index (χ4n) is 2.92. The van der Waals surface area contributed by atoms with Crippen LogP contribution >= 0.6 is 0 Å². The number of ether oxygens (including phenoxy) is 1. The van der Waals surface area contributed by atoms with Crippen LogP contribution in [0.4, 0.5) is 5.69 Å². The summed E-state index contributed by atoms with van der Waals surface area (Å²) in [4.78, 5) is 24.3. The van der Waals surface area contributed by atoms with E-state index in [0.29, 0.717) is 19.6 Å². The van der Waals surface area contributed by atoms with Crippen molar-refractivity contribution >= 4 is 11.6 Å². The van der Waals surface area contributed by atoms with Crippen LogP contribution in [0.15, 0.2) is 18.2 Å². The molecule has 1 heterocycles. The zero-order valence-corrected chi connectivity index (χ0v) is 13.7. The molecule has 1 aromatic carbocycles. The molecule has 0 spiro atoms. The molecule has 126 valence electrons. The minimum atomic E-state index is -0.635. The summed E-state index contributed by atoms with van der Waals surface area (Å²) in [5.74, 6) is -0.394. The fraction of sp³-hybridized carbons (Fsp3) is 0.562. The molecule has 1 unspecified atom stereocenters. The van der Waals surface area contributed by atoms with Gasteiger partial charge in [0.1, 0.15) is 6.10 Å². The van der Waals surface area contributed by atoms with Crippen LogP contribution < -0.4 is 5.73 Å². The Morgan fingerprint density at radius 3 is 2.74 bits per heavy atom. The number of hydrogen-bond acceptors (Lipinski definition) is 5. The lowest BCUT2D eigenvalue weighted by Crippen LogP contribution is -2.51. The van der Waals surface area contributed by atoms with Gasteiger partial charge >= 0.3 is 0 Å². The highest BCUT2D eigenvalue weighted by atomic mass is 16.6. The van der Waals surface area contributed by atoms with Crippen molar-refractivity contribution in [2.45, 2.75) is 45.4 Å². The molecule has 2 rings (SSSR count). The molecule has 0 saturated carbocycles. The summed E-state index contributed by atoms with van der Waals surface area (Å²) in [7, 11) is 0. The minimum absolute atomic E-state index is 0.0899. The van der Waals surface area contributed by atoms with Crippen LogP contribution in [0, 0.1) is 10.1 Å². The van der Waals surface area contributed by atoms with E-state index in [4.69, 9.17) is 10.5 Å². The van der Waals surface area contributed by atoms with Gasteiger partial charge in [-0.15, -0.1) is 0 Å². The summed E-state index contributed by atoms with van der Waals surface area (Å²) in [6.07, 6.45) is -0.741. The lowest BCUT2D eigenvalue weighted by molar-refractivity contribution is -0.385. The molecule has 7 heteroatoms. The van der Waals surface area contributed by atoms with Gasteiger partial charge < -0.3 is 10.5 Å². The van der Waals surface area contributed by atoms with Gasteiger partial charge in [0.05, 0.1) is 11.0 Å². The van der Waals surface area contributed by atoms with Gasteiger partial charge in [0, 0.05) is 31.3 Å². The van der Waals surface area contributed by atoms with Gasteiger partial charge in [-0.05, 0) is 18.4 Å². The molecule has 1 aliphatic rings. The number of primary amides is 1. The van der Waals surface area contributed by atoms with Gasteiger partial charge in [-0.2, -0.15) is 0 Å². The Labute approximate surface area is 135 Å². The zero-order chi connectivity index (χ0) is 17.1. The monoisotopic (exact) mass is 321 g/mol. The number of nitro benzene ring substituents is 1. The Kier molecular flexibility index (Phi) is 5.33. The summed E-state index contributed by atoms with van der Waals surface area (Å²) >= 11 is 0. The topological polar surface area (TPSA) is 98.7 Å². The SMILES string of the molecule is CC(C)c1ccc(CN2CC(C(N)=O)O[C@H](C)C2)cc1[N+](=O)[O-]. The Bertz CT molecular complexity index is 603. The third-order valence-electron chi connectivity index (χ3n) is 3.97. The first kappa shape index (κ1) is 17.4. The van der Waals surface area contributed by atoms with Crippen molar-refractivity contribution in [3.8, 4) is 0 Å². The Morgan fingerprint density at radius 1 is 1.48 bits per heavy atom. The first-order valence-electron chi connectivity index (χ1n) is 7.72. The first-order chi connectivity index (χ1) is 10.8. The van der Waals surface area contributed by atoms with Crippen molar-refractivity contribution in [2.75, 3.05) is 13.1 Å². The molecule has 0 aromatic heterocycles. The van der Waals surface area contributed by atoms with Crippen molar-refractivity contribution in [3.05, 3.63) is 39.4 Å². The maximum Gasteiger partial charge on any atom is 0.273 e. The van der Waals surface area contributed by atoms with E-state index in [-0.39, 0.29) is 22.6 Å². The number of amides is 1. The molecule has 1 aromatic rings. The normalized spacial score (nSPS) is 22.3. The zero-order valence-electron chi connectivity index (χ0n) is 13.7. The van der Waals surface area contributed by atoms with Gasteiger partial charge in [0.25, 0.3) is 5.69 Å². The maximum absolute atomic E-state index is 11.3. The molecule has 23 heavy (non-hydrogen) atoms. The van der Waals surface area contributed by atoms with Crippen molar-refractivity contribution in [1.29, 1.82) is 0 Å². The van der Waals surface area contributed by atoms with Crippen molar-refractivity contribution < 1.29 is 14.5 Å². The molecular weight excluding hydrogens is 298 g/mol. The van der Waals surface area contributed by atoms with Crippen LogP contribution in [0.1, 0.15) is 37.8 Å². The molecule has 7 nitrogen and oxygen atoms in total. The molecule has 1 aliphatic heterocycles. The summed E-state index contributed by atoms with van der Waals surface area (Å²) in [5.41, 5.74) is 7.04. The second-order valence-corrected chi connectivity index (χ2v) is 6.34. The van der Waals surface area contributed by atoms with Crippen LogP contribution in [0.3, 0.4) is 0 Å². The Balaban J connectivity index is 2.18. The number of nitrogens with two attached hydrogens (primary N) is 1. The predicted molar refractivity (Wildman–Crippen MR) is 86.0 cm³/mol. The summed E-state index contributed by atoms with van der Waals surface area (Å²) in [6, 6.07) is 5.34. The highest BCUT2D eigenvalue weighted by Gasteiger charge is 2.29. The average molecular weight is 321 g/mol. The predicted octanol–water partition coefficient (Wildman–Crippen LogP) is 1.79. The number of hydrogen-bond donors (Lipinski definition) is 1. The lowest BCUT2D eigenvalue weighted by atomic mass is 9.99. The fourth-order valence-corrected chi connectivity index (χ4v) is 2.92. The lowest BCUT2D eigenvalue weighted by Gasteiger charge is -2.35. The van der Waals surface area contributed by atoms with E-state index in [1.165, 1.54) is 0 Å². The van der Waals surface area contributed by atoms with E-state index in [1.807, 2.05) is 37.8 Å². The number of nitrogens with zero attached hydrogens (tertiary/aromatic N) is 2. The van der Waals surface area contributed by atoms with E-state index < -0.39 is 12.0 Å². The van der Waals surface area contributed by atoms with E-state index in [2.05, 4.69) is 0 Å². The largest absolute Gasteiger partial charge is 0.367 e. The number of carbonyl (C=O) groups is 1. The maximum atomic E-state index is 11.3. The minimum Gasteiger partial charge on any atom is -0.367 e. The Morgan fingerprint density at radius 2 is 2.17 bits per heavy atom. The standard InChI is InChI=1S/C16H23N3O4/c1-10(2)13-5-4-12(6-14(13)19(21)22)8-18-7-11(3)23-15(9-18)16(17)20/h4-6,10-11,15H,7-9H2,1-3H3,(H2,17,20)/t11-,15?/m1/s1. The quantitative estimate of drug-likeness (QED) is 0.658. The van der Waals surface area contributed by atoms with Crippen molar-refractivity contribution in [2.24, 2.45) is 5.73 Å². The smallest absolute Gasteiger partial charge is 0.273 e. The highest BCUT2D eigenvalue weighted by Crippen LogP contribution is 2.28. The third kappa shape index (κ3) is 4.27. The summed E-state index contributed by atoms with van der Waals surface area (Å²) in [5, 5.41) is 11.3. The van der Waals surface area contributed by atoms with Gasteiger partial charge in [-0.3, -0.25) is 19.8 Å². The Hall–Kier alpha value is -1.99. The van der Waals surface area contributed by atoms with E-state index in [1.54, 1.807) is 6.07 Å². The molecule has 1 amide bonds. The highest BCUT2D eigenvalue weighted by molar-refractivity contribution is 5.79. The van der Waals surface area contributed by atoms with Crippen LogP contribution in [0.25, 0.3) is 0 Å². The van der Waals surface area contributed by atoms with Crippen LogP contribution in [0.2, 0.25) is 0 Å². The van der Waals surface area contributed by atoms with Crippen LogP contribution in [-0.4, -0.2) is 41.0 Å². The second-order valence-electron chi connectivity index (χ2n) is 6.34. The number of morpholine rings is 1. The number of benzene rings is 1. The van der Waals surface area contributed by atoms with Gasteiger partial charge in [0.15, 0.2) is 0 Å². The molecule has 0 radical (unpaired) electrons. The van der Waals surface area contributed by atoms with Gasteiger partial charge in [-0.25, -0.2) is 0 Å². The molecule has 0 aliphatic carbocycles. The van der Waals surface area contributed by atoms with Gasteiger partial charge in [-0.1, -0.05) is 26.0 Å². The second kappa shape index (κ2) is 7.06. The number of carbonyl (C=O) groups excluding carboxylic acids is 1. The average Bonchev–Trinajstić information content (AvgIpc) is 2.46. The summed E-state index contributed by atoms with van der Waals surface area (Å²) < 4.78 is 5.50. The molecular formula is C16H23N3O4.